The summed E-state index contributed by atoms with van der Waals surface area (Å²) < 4.78 is 6.86. The molecule has 6 heteroatoms. The topological polar surface area (TPSA) is 72.7 Å². The summed E-state index contributed by atoms with van der Waals surface area (Å²) in [4.78, 5) is 27.8. The van der Waals surface area contributed by atoms with Crippen LogP contribution in [0.4, 0.5) is 5.69 Å². The van der Waals surface area contributed by atoms with E-state index in [1.165, 1.54) is 0 Å². The molecule has 0 fully saturated rings. The molecule has 116 valence electrons. The fourth-order valence-corrected chi connectivity index (χ4v) is 2.16. The molecule has 0 radical (unpaired) electrons. The highest BCUT2D eigenvalue weighted by atomic mass is 16.5. The van der Waals surface area contributed by atoms with Crippen molar-refractivity contribution < 1.29 is 14.3 Å². The number of hydrogen-bond donors (Lipinski definition) is 1. The molecule has 0 spiro atoms. The molecule has 0 aliphatic rings. The summed E-state index contributed by atoms with van der Waals surface area (Å²) in [6.07, 6.45) is 3.51. The van der Waals surface area contributed by atoms with E-state index in [2.05, 4.69) is 10.3 Å². The molecule has 2 aromatic heterocycles. The lowest BCUT2D eigenvalue weighted by atomic mass is 10.2. The van der Waals surface area contributed by atoms with Crippen LogP contribution in [0.2, 0.25) is 0 Å². The lowest BCUT2D eigenvalue weighted by Crippen LogP contribution is -2.25. The Labute approximate surface area is 132 Å². The zero-order valence-electron chi connectivity index (χ0n) is 12.5. The fraction of sp³-hybridized carbons (Fsp3) is 0.118. The Hall–Kier alpha value is -3.15. The van der Waals surface area contributed by atoms with Crippen LogP contribution in [0.5, 0.6) is 0 Å². The van der Waals surface area contributed by atoms with Crippen molar-refractivity contribution in [3.63, 3.8) is 0 Å². The first kappa shape index (κ1) is 14.8. The van der Waals surface area contributed by atoms with Crippen molar-refractivity contribution >= 4 is 23.2 Å². The third-order valence-electron chi connectivity index (χ3n) is 3.35. The van der Waals surface area contributed by atoms with Crippen LogP contribution in [-0.2, 0) is 20.9 Å². The summed E-state index contributed by atoms with van der Waals surface area (Å²) in [5.74, 6) is -1.73. The van der Waals surface area contributed by atoms with Gasteiger partial charge in [0.15, 0.2) is 0 Å². The molecule has 1 amide bonds. The Morgan fingerprint density at radius 3 is 2.78 bits per heavy atom. The summed E-state index contributed by atoms with van der Waals surface area (Å²) >= 11 is 0. The summed E-state index contributed by atoms with van der Waals surface area (Å²) in [6.45, 7) is 1.99. The van der Waals surface area contributed by atoms with Crippen LogP contribution in [0, 0.1) is 6.92 Å². The third-order valence-corrected chi connectivity index (χ3v) is 3.35. The molecule has 23 heavy (non-hydrogen) atoms. The standard InChI is InChI=1S/C17H15N3O3/c1-12-10-18-15-9-14(7-8-20(12)15)19-16(21)17(22)23-11-13-5-3-2-4-6-13/h2-10H,11H2,1H3,(H,19,21). The Bertz CT molecular complexity index is 856. The summed E-state index contributed by atoms with van der Waals surface area (Å²) in [5.41, 5.74) is 2.99. The number of nitrogens with one attached hydrogen (secondary N) is 1. The minimum Gasteiger partial charge on any atom is -0.454 e. The van der Waals surface area contributed by atoms with Crippen LogP contribution < -0.4 is 5.32 Å². The van der Waals surface area contributed by atoms with Crippen LogP contribution in [0.1, 0.15) is 11.3 Å². The van der Waals surface area contributed by atoms with Crippen molar-refractivity contribution in [3.05, 3.63) is 66.1 Å². The van der Waals surface area contributed by atoms with Gasteiger partial charge in [0.2, 0.25) is 0 Å². The van der Waals surface area contributed by atoms with Crippen molar-refractivity contribution in [2.45, 2.75) is 13.5 Å². The van der Waals surface area contributed by atoms with E-state index in [9.17, 15) is 9.59 Å². The number of ether oxygens (including phenoxy) is 1. The quantitative estimate of drug-likeness (QED) is 0.595. The van der Waals surface area contributed by atoms with Crippen LogP contribution in [0.25, 0.3) is 5.65 Å². The van der Waals surface area contributed by atoms with Gasteiger partial charge in [0.05, 0.1) is 0 Å². The molecule has 0 saturated carbocycles. The maximum Gasteiger partial charge on any atom is 0.397 e. The van der Waals surface area contributed by atoms with Gasteiger partial charge in [0, 0.05) is 29.8 Å². The molecule has 0 aliphatic heterocycles. The second kappa shape index (κ2) is 6.31. The molecule has 3 rings (SSSR count). The molecule has 3 aromatic rings. The van der Waals surface area contributed by atoms with Crippen LogP contribution in [-0.4, -0.2) is 21.3 Å². The molecule has 0 saturated heterocycles. The maximum absolute atomic E-state index is 11.9. The summed E-state index contributed by atoms with van der Waals surface area (Å²) in [5, 5.41) is 2.51. The Balaban J connectivity index is 1.62. The zero-order valence-corrected chi connectivity index (χ0v) is 12.5. The predicted molar refractivity (Wildman–Crippen MR) is 84.8 cm³/mol. The molecule has 0 atom stereocenters. The highest BCUT2D eigenvalue weighted by molar-refractivity contribution is 6.37. The van der Waals surface area contributed by atoms with Crippen molar-refractivity contribution in [1.29, 1.82) is 0 Å². The second-order valence-corrected chi connectivity index (χ2v) is 5.06. The number of rotatable bonds is 3. The number of aryl methyl sites for hydroxylation is 1. The number of amides is 1. The van der Waals surface area contributed by atoms with Gasteiger partial charge in [0.25, 0.3) is 0 Å². The number of nitrogens with zero attached hydrogens (tertiary/aromatic N) is 2. The molecule has 1 N–H and O–H groups in total. The number of fused-ring (bicyclic) bond motifs is 1. The third kappa shape index (κ3) is 3.37. The minimum atomic E-state index is -0.923. The van der Waals surface area contributed by atoms with Gasteiger partial charge in [-0.15, -0.1) is 0 Å². The lowest BCUT2D eigenvalue weighted by molar-refractivity contribution is -0.153. The first-order valence-electron chi connectivity index (χ1n) is 7.09. The number of anilines is 1. The van der Waals surface area contributed by atoms with E-state index in [0.29, 0.717) is 11.3 Å². The molecule has 1 aromatic carbocycles. The average Bonchev–Trinajstić information content (AvgIpc) is 2.94. The minimum absolute atomic E-state index is 0.0611. The summed E-state index contributed by atoms with van der Waals surface area (Å²) in [7, 11) is 0. The van der Waals surface area contributed by atoms with E-state index in [0.717, 1.165) is 11.3 Å². The van der Waals surface area contributed by atoms with E-state index in [-0.39, 0.29) is 6.61 Å². The highest BCUT2D eigenvalue weighted by Gasteiger charge is 2.16. The van der Waals surface area contributed by atoms with Gasteiger partial charge in [-0.1, -0.05) is 30.3 Å². The van der Waals surface area contributed by atoms with Gasteiger partial charge in [0.1, 0.15) is 12.3 Å². The Morgan fingerprint density at radius 2 is 2.00 bits per heavy atom. The lowest BCUT2D eigenvalue weighted by Gasteiger charge is -2.07. The largest absolute Gasteiger partial charge is 0.454 e. The number of benzene rings is 1. The van der Waals surface area contributed by atoms with Crippen LogP contribution in [0.15, 0.2) is 54.9 Å². The van der Waals surface area contributed by atoms with E-state index in [4.69, 9.17) is 4.74 Å². The van der Waals surface area contributed by atoms with Gasteiger partial charge in [-0.2, -0.15) is 0 Å². The van der Waals surface area contributed by atoms with E-state index in [1.54, 1.807) is 24.5 Å². The number of carbonyl (C=O) groups excluding carboxylic acids is 2. The van der Waals surface area contributed by atoms with Crippen LogP contribution >= 0.6 is 0 Å². The number of aromatic nitrogens is 2. The van der Waals surface area contributed by atoms with E-state index in [1.807, 2.05) is 41.7 Å². The first-order chi connectivity index (χ1) is 11.1. The van der Waals surface area contributed by atoms with Crippen molar-refractivity contribution in [1.82, 2.24) is 9.38 Å². The van der Waals surface area contributed by atoms with Crippen molar-refractivity contribution in [3.8, 4) is 0 Å². The molecule has 0 bridgehead atoms. The van der Waals surface area contributed by atoms with Gasteiger partial charge >= 0.3 is 11.9 Å². The number of carbonyl (C=O) groups is 2. The normalized spacial score (nSPS) is 10.5. The fourth-order valence-electron chi connectivity index (χ4n) is 2.16. The van der Waals surface area contributed by atoms with Gasteiger partial charge < -0.3 is 14.5 Å². The number of pyridine rings is 1. The molecular weight excluding hydrogens is 294 g/mol. The van der Waals surface area contributed by atoms with E-state index < -0.39 is 11.9 Å². The monoisotopic (exact) mass is 309 g/mol. The number of esters is 1. The number of hydrogen-bond acceptors (Lipinski definition) is 4. The predicted octanol–water partition coefficient (Wildman–Crippen LogP) is 2.32. The molecule has 0 aliphatic carbocycles. The molecular formula is C17H15N3O3. The van der Waals surface area contributed by atoms with Gasteiger partial charge in [-0.3, -0.25) is 4.79 Å². The van der Waals surface area contributed by atoms with Gasteiger partial charge in [-0.05, 0) is 18.6 Å². The molecule has 6 nitrogen and oxygen atoms in total. The van der Waals surface area contributed by atoms with Gasteiger partial charge in [-0.25, -0.2) is 9.78 Å². The Kier molecular flexibility index (Phi) is 4.05. The number of imidazole rings is 1. The zero-order chi connectivity index (χ0) is 16.2. The Morgan fingerprint density at radius 1 is 1.22 bits per heavy atom. The van der Waals surface area contributed by atoms with E-state index >= 15 is 0 Å². The molecule has 0 unspecified atom stereocenters. The van der Waals surface area contributed by atoms with Crippen molar-refractivity contribution in [2.24, 2.45) is 0 Å². The summed E-state index contributed by atoms with van der Waals surface area (Å²) in [6, 6.07) is 12.6. The molecule has 2 heterocycles. The van der Waals surface area contributed by atoms with Crippen LogP contribution in [0.3, 0.4) is 0 Å². The average molecular weight is 309 g/mol. The first-order valence-corrected chi connectivity index (χ1v) is 7.09. The maximum atomic E-state index is 11.9. The smallest absolute Gasteiger partial charge is 0.397 e. The van der Waals surface area contributed by atoms with Crippen molar-refractivity contribution in [2.75, 3.05) is 5.32 Å². The second-order valence-electron chi connectivity index (χ2n) is 5.06. The highest BCUT2D eigenvalue weighted by Crippen LogP contribution is 2.13. The SMILES string of the molecule is Cc1cnc2cc(NC(=O)C(=O)OCc3ccccc3)ccn12.